The number of nitrogens with zero attached hydrogens (tertiary/aromatic N) is 4. The molecule has 1 heterocycles. The molecule has 1 aromatic heterocycles. The highest BCUT2D eigenvalue weighted by atomic mass is 32.2. The van der Waals surface area contributed by atoms with Gasteiger partial charge in [-0.15, -0.1) is 10.2 Å². The van der Waals surface area contributed by atoms with Crippen molar-refractivity contribution in [1.29, 1.82) is 0 Å². The number of nitrogens with one attached hydrogen (secondary N) is 1. The lowest BCUT2D eigenvalue weighted by atomic mass is 10.1. The monoisotopic (exact) mass is 394 g/mol. The molecule has 0 bridgehead atoms. The van der Waals surface area contributed by atoms with Gasteiger partial charge in [0.15, 0.2) is 11.1 Å². The van der Waals surface area contributed by atoms with Gasteiger partial charge in [0.2, 0.25) is 0 Å². The molecule has 1 saturated carbocycles. The molecule has 0 aromatic carbocycles. The minimum absolute atomic E-state index is 0.575. The smallest absolute Gasteiger partial charge is 0.191 e. The molecular formula is C20H38N6S. The van der Waals surface area contributed by atoms with Gasteiger partial charge in [0, 0.05) is 25.6 Å². The first-order valence-corrected chi connectivity index (χ1v) is 12.0. The Morgan fingerprint density at radius 1 is 1.15 bits per heavy atom. The van der Waals surface area contributed by atoms with E-state index >= 15 is 0 Å². The van der Waals surface area contributed by atoms with Gasteiger partial charge >= 0.3 is 0 Å². The first-order chi connectivity index (χ1) is 13.3. The van der Waals surface area contributed by atoms with Crippen molar-refractivity contribution in [3.63, 3.8) is 0 Å². The van der Waals surface area contributed by atoms with Gasteiger partial charge in [-0.3, -0.25) is 4.99 Å². The van der Waals surface area contributed by atoms with Crippen LogP contribution in [0.2, 0.25) is 0 Å². The van der Waals surface area contributed by atoms with E-state index in [2.05, 4.69) is 38.3 Å². The molecule has 2 rings (SSSR count). The highest BCUT2D eigenvalue weighted by Crippen LogP contribution is 2.33. The Kier molecular flexibility index (Phi) is 10.6. The zero-order valence-electron chi connectivity index (χ0n) is 17.3. The summed E-state index contributed by atoms with van der Waals surface area (Å²) in [5.74, 6) is 1.69. The van der Waals surface area contributed by atoms with Crippen LogP contribution < -0.4 is 11.1 Å². The number of rotatable bonds is 13. The fourth-order valence-electron chi connectivity index (χ4n) is 3.76. The molecule has 1 aliphatic rings. The first-order valence-electron chi connectivity index (χ1n) is 10.8. The summed E-state index contributed by atoms with van der Waals surface area (Å²) in [6.45, 7) is 3.91. The molecule has 0 aliphatic heterocycles. The Morgan fingerprint density at radius 2 is 1.89 bits per heavy atom. The van der Waals surface area contributed by atoms with Gasteiger partial charge in [0.05, 0.1) is 0 Å². The van der Waals surface area contributed by atoms with E-state index in [4.69, 9.17) is 5.73 Å². The van der Waals surface area contributed by atoms with Crippen LogP contribution >= 0.6 is 11.8 Å². The number of aromatic nitrogens is 3. The number of nitrogens with two attached hydrogens (primary N) is 1. The van der Waals surface area contributed by atoms with Crippen LogP contribution in [-0.2, 0) is 6.42 Å². The second-order valence-corrected chi connectivity index (χ2v) is 8.25. The molecule has 0 atom stereocenters. The average Bonchev–Trinajstić information content (AvgIpc) is 3.33. The van der Waals surface area contributed by atoms with Crippen LogP contribution in [0.5, 0.6) is 0 Å². The van der Waals surface area contributed by atoms with E-state index in [1.807, 2.05) is 0 Å². The molecule has 27 heavy (non-hydrogen) atoms. The molecule has 1 fully saturated rings. The van der Waals surface area contributed by atoms with E-state index in [0.29, 0.717) is 12.0 Å². The Morgan fingerprint density at radius 3 is 2.63 bits per heavy atom. The number of thioether (sulfide) groups is 1. The van der Waals surface area contributed by atoms with Gasteiger partial charge in [-0.1, -0.05) is 63.6 Å². The second kappa shape index (κ2) is 13.0. The normalized spacial score (nSPS) is 15.6. The van der Waals surface area contributed by atoms with Crippen LogP contribution in [-0.4, -0.2) is 40.1 Å². The molecule has 7 heteroatoms. The molecule has 0 unspecified atom stereocenters. The maximum absolute atomic E-state index is 5.97. The van der Waals surface area contributed by atoms with Crippen molar-refractivity contribution in [1.82, 2.24) is 20.1 Å². The highest BCUT2D eigenvalue weighted by molar-refractivity contribution is 7.98. The van der Waals surface area contributed by atoms with Crippen molar-refractivity contribution in [2.45, 2.75) is 95.2 Å². The highest BCUT2D eigenvalue weighted by Gasteiger charge is 2.23. The minimum Gasteiger partial charge on any atom is -0.370 e. The zero-order valence-corrected chi connectivity index (χ0v) is 18.1. The van der Waals surface area contributed by atoms with E-state index in [0.717, 1.165) is 36.9 Å². The van der Waals surface area contributed by atoms with Crippen molar-refractivity contribution < 1.29 is 0 Å². The largest absolute Gasteiger partial charge is 0.370 e. The molecule has 0 amide bonds. The lowest BCUT2D eigenvalue weighted by Gasteiger charge is -2.16. The quantitative estimate of drug-likeness (QED) is 0.225. The standard InChI is InChI=1S/C20H38N6S/c1-3-4-5-6-7-10-15-22-19(21)23-16-11-14-18-24-25-20(27-2)26(18)17-12-8-9-13-17/h17H,3-16H2,1-2H3,(H3,21,22,23). The summed E-state index contributed by atoms with van der Waals surface area (Å²) in [7, 11) is 0. The molecule has 0 radical (unpaired) electrons. The summed E-state index contributed by atoms with van der Waals surface area (Å²) in [6.07, 6.45) is 16.9. The second-order valence-electron chi connectivity index (χ2n) is 7.48. The van der Waals surface area contributed by atoms with Crippen molar-refractivity contribution in [2.24, 2.45) is 10.7 Å². The fraction of sp³-hybridized carbons (Fsp3) is 0.850. The summed E-state index contributed by atoms with van der Waals surface area (Å²) < 4.78 is 2.38. The summed E-state index contributed by atoms with van der Waals surface area (Å²) in [5, 5.41) is 13.1. The van der Waals surface area contributed by atoms with Crippen LogP contribution in [0.3, 0.4) is 0 Å². The molecule has 6 nitrogen and oxygen atoms in total. The van der Waals surface area contributed by atoms with Crippen LogP contribution in [0.4, 0.5) is 0 Å². The number of aliphatic imine (C=N–C) groups is 1. The number of hydrogen-bond donors (Lipinski definition) is 2. The lowest BCUT2D eigenvalue weighted by molar-refractivity contribution is 0.461. The average molecular weight is 395 g/mol. The Bertz CT molecular complexity index is 551. The third kappa shape index (κ3) is 7.72. The number of unbranched alkanes of at least 4 members (excludes halogenated alkanes) is 5. The Balaban J connectivity index is 1.65. The molecule has 3 N–H and O–H groups in total. The van der Waals surface area contributed by atoms with Crippen molar-refractivity contribution in [3.8, 4) is 0 Å². The number of hydrogen-bond acceptors (Lipinski definition) is 4. The fourth-order valence-corrected chi connectivity index (χ4v) is 4.33. The van der Waals surface area contributed by atoms with E-state index in [-0.39, 0.29) is 0 Å². The van der Waals surface area contributed by atoms with E-state index in [1.54, 1.807) is 11.8 Å². The van der Waals surface area contributed by atoms with Crippen molar-refractivity contribution >= 4 is 17.7 Å². The van der Waals surface area contributed by atoms with Crippen LogP contribution in [0, 0.1) is 0 Å². The maximum Gasteiger partial charge on any atom is 0.191 e. The summed E-state index contributed by atoms with van der Waals surface area (Å²) in [4.78, 5) is 4.46. The summed E-state index contributed by atoms with van der Waals surface area (Å²) in [5.41, 5.74) is 5.97. The summed E-state index contributed by atoms with van der Waals surface area (Å²) >= 11 is 1.70. The lowest BCUT2D eigenvalue weighted by Crippen LogP contribution is -2.32. The van der Waals surface area contributed by atoms with Crippen molar-refractivity contribution in [2.75, 3.05) is 19.3 Å². The molecule has 1 aromatic rings. The van der Waals surface area contributed by atoms with Crippen LogP contribution in [0.25, 0.3) is 0 Å². The predicted octanol–water partition coefficient (Wildman–Crippen LogP) is 4.31. The predicted molar refractivity (Wildman–Crippen MR) is 115 cm³/mol. The maximum atomic E-state index is 5.97. The Hall–Kier alpha value is -1.24. The summed E-state index contributed by atoms with van der Waals surface area (Å²) in [6, 6.07) is 0.588. The topological polar surface area (TPSA) is 81.1 Å². The van der Waals surface area contributed by atoms with Gasteiger partial charge in [0.1, 0.15) is 5.82 Å². The number of guanidine groups is 1. The van der Waals surface area contributed by atoms with Gasteiger partial charge in [-0.2, -0.15) is 0 Å². The van der Waals surface area contributed by atoms with Crippen molar-refractivity contribution in [3.05, 3.63) is 5.82 Å². The first kappa shape index (κ1) is 22.1. The van der Waals surface area contributed by atoms with E-state index in [9.17, 15) is 0 Å². The third-order valence-corrected chi connectivity index (χ3v) is 5.93. The van der Waals surface area contributed by atoms with Gasteiger partial charge < -0.3 is 15.6 Å². The van der Waals surface area contributed by atoms with E-state index < -0.39 is 0 Å². The van der Waals surface area contributed by atoms with E-state index in [1.165, 1.54) is 64.2 Å². The molecular weight excluding hydrogens is 356 g/mol. The SMILES string of the molecule is CCCCCCCCNC(N)=NCCCc1nnc(SC)n1C1CCCC1. The van der Waals surface area contributed by atoms with Gasteiger partial charge in [-0.25, -0.2) is 0 Å². The zero-order chi connectivity index (χ0) is 19.3. The Labute approximate surface area is 169 Å². The van der Waals surface area contributed by atoms with Gasteiger partial charge in [0.25, 0.3) is 0 Å². The molecule has 0 saturated heterocycles. The molecule has 154 valence electrons. The minimum atomic E-state index is 0.575. The van der Waals surface area contributed by atoms with Crippen LogP contribution in [0.15, 0.2) is 10.1 Å². The number of aryl methyl sites for hydroxylation is 1. The van der Waals surface area contributed by atoms with Crippen LogP contribution in [0.1, 0.15) is 89.4 Å². The molecule has 1 aliphatic carbocycles. The molecule has 0 spiro atoms. The van der Waals surface area contributed by atoms with Gasteiger partial charge in [-0.05, 0) is 31.9 Å². The third-order valence-electron chi connectivity index (χ3n) is 5.28.